The number of guanidine groups is 1. The maximum Gasteiger partial charge on any atom is 0.191 e. The standard InChI is InChI=1S/C25H35FN4O2.HI/c1-2-27-25(28-16-24(31)19-32-18-21-6-4-3-5-7-21)29-23-12-14-30(15-13-23)17-20-8-10-22(26)11-9-20;/h3-11,23-24,31H,2,12-19H2,1H3,(H2,27,28,29);1H. The van der Waals surface area contributed by atoms with Gasteiger partial charge < -0.3 is 20.5 Å². The third kappa shape index (κ3) is 10.4. The monoisotopic (exact) mass is 570 g/mol. The maximum absolute atomic E-state index is 13.1. The maximum atomic E-state index is 13.1. The smallest absolute Gasteiger partial charge is 0.191 e. The van der Waals surface area contributed by atoms with E-state index in [0.29, 0.717) is 12.6 Å². The fourth-order valence-electron chi connectivity index (χ4n) is 3.73. The highest BCUT2D eigenvalue weighted by Gasteiger charge is 2.20. The molecule has 0 aromatic heterocycles. The van der Waals surface area contributed by atoms with Crippen molar-refractivity contribution < 1.29 is 14.2 Å². The van der Waals surface area contributed by atoms with Gasteiger partial charge in [-0.15, -0.1) is 24.0 Å². The highest BCUT2D eigenvalue weighted by atomic mass is 127. The fraction of sp³-hybridized carbons (Fsp3) is 0.480. The number of piperidine rings is 1. The van der Waals surface area contributed by atoms with Gasteiger partial charge in [0.1, 0.15) is 5.82 Å². The minimum absolute atomic E-state index is 0. The van der Waals surface area contributed by atoms with Gasteiger partial charge in [-0.1, -0.05) is 42.5 Å². The minimum Gasteiger partial charge on any atom is -0.389 e. The largest absolute Gasteiger partial charge is 0.389 e. The minimum atomic E-state index is -0.647. The molecule has 1 aliphatic rings. The number of aliphatic imine (C=N–C) groups is 1. The zero-order valence-corrected chi connectivity index (χ0v) is 21.6. The molecular formula is C25H36FIN4O2. The fourth-order valence-corrected chi connectivity index (χ4v) is 3.73. The van der Waals surface area contributed by atoms with E-state index < -0.39 is 6.10 Å². The molecule has 1 atom stereocenters. The van der Waals surface area contributed by atoms with Crippen molar-refractivity contribution in [3.05, 3.63) is 71.5 Å². The highest BCUT2D eigenvalue weighted by molar-refractivity contribution is 14.0. The molecule has 1 saturated heterocycles. The number of benzene rings is 2. The van der Waals surface area contributed by atoms with Gasteiger partial charge in [0.25, 0.3) is 0 Å². The number of hydrogen-bond donors (Lipinski definition) is 3. The van der Waals surface area contributed by atoms with Crippen LogP contribution in [0.2, 0.25) is 0 Å². The van der Waals surface area contributed by atoms with Crippen molar-refractivity contribution in [1.82, 2.24) is 15.5 Å². The molecular weight excluding hydrogens is 534 g/mol. The summed E-state index contributed by atoms with van der Waals surface area (Å²) in [5.74, 6) is 0.534. The van der Waals surface area contributed by atoms with Crippen LogP contribution in [0.15, 0.2) is 59.6 Å². The third-order valence-corrected chi connectivity index (χ3v) is 5.47. The molecule has 6 nitrogen and oxygen atoms in total. The summed E-state index contributed by atoms with van der Waals surface area (Å²) >= 11 is 0. The van der Waals surface area contributed by atoms with Crippen molar-refractivity contribution in [1.29, 1.82) is 0 Å². The molecule has 1 fully saturated rings. The van der Waals surface area contributed by atoms with Crippen LogP contribution in [0.4, 0.5) is 4.39 Å². The Bertz CT molecular complexity index is 815. The lowest BCUT2D eigenvalue weighted by atomic mass is 10.0. The van der Waals surface area contributed by atoms with Crippen molar-refractivity contribution in [2.45, 2.75) is 45.1 Å². The van der Waals surface area contributed by atoms with E-state index in [1.165, 1.54) is 12.1 Å². The summed E-state index contributed by atoms with van der Waals surface area (Å²) in [7, 11) is 0. The lowest BCUT2D eigenvalue weighted by Gasteiger charge is -2.33. The normalized spacial score (nSPS) is 16.2. The number of ether oxygens (including phenoxy) is 1. The molecule has 0 radical (unpaired) electrons. The van der Waals surface area contributed by atoms with Gasteiger partial charge >= 0.3 is 0 Å². The molecule has 0 amide bonds. The second kappa shape index (κ2) is 15.2. The van der Waals surface area contributed by atoms with E-state index in [1.807, 2.05) is 49.4 Å². The molecule has 0 bridgehead atoms. The second-order valence-corrected chi connectivity index (χ2v) is 8.20. The van der Waals surface area contributed by atoms with Gasteiger partial charge in [0.05, 0.1) is 25.9 Å². The van der Waals surface area contributed by atoms with Gasteiger partial charge in [0, 0.05) is 32.2 Å². The molecule has 0 spiro atoms. The van der Waals surface area contributed by atoms with Crippen molar-refractivity contribution in [3.8, 4) is 0 Å². The van der Waals surface area contributed by atoms with Crippen LogP contribution in [0.5, 0.6) is 0 Å². The topological polar surface area (TPSA) is 69.1 Å². The molecule has 1 heterocycles. The van der Waals surface area contributed by atoms with E-state index in [1.54, 1.807) is 0 Å². The summed E-state index contributed by atoms with van der Waals surface area (Å²) < 4.78 is 18.7. The SMILES string of the molecule is CCNC(=NCC(O)COCc1ccccc1)NC1CCN(Cc2ccc(F)cc2)CC1.I. The molecule has 0 aliphatic carbocycles. The molecule has 3 N–H and O–H groups in total. The third-order valence-electron chi connectivity index (χ3n) is 5.47. The Balaban J connectivity index is 0.00000385. The Morgan fingerprint density at radius 3 is 2.48 bits per heavy atom. The Labute approximate surface area is 213 Å². The van der Waals surface area contributed by atoms with Gasteiger partial charge in [0.15, 0.2) is 5.96 Å². The molecule has 182 valence electrons. The molecule has 8 heteroatoms. The van der Waals surface area contributed by atoms with Crippen LogP contribution in [-0.2, 0) is 17.9 Å². The van der Waals surface area contributed by atoms with Crippen LogP contribution >= 0.6 is 24.0 Å². The molecule has 33 heavy (non-hydrogen) atoms. The summed E-state index contributed by atoms with van der Waals surface area (Å²) in [4.78, 5) is 6.94. The average Bonchev–Trinajstić information content (AvgIpc) is 2.81. The Morgan fingerprint density at radius 1 is 1.12 bits per heavy atom. The van der Waals surface area contributed by atoms with E-state index in [9.17, 15) is 9.50 Å². The molecule has 3 rings (SSSR count). The molecule has 0 saturated carbocycles. The van der Waals surface area contributed by atoms with Crippen LogP contribution in [0.3, 0.4) is 0 Å². The zero-order valence-electron chi connectivity index (χ0n) is 19.3. The molecule has 1 unspecified atom stereocenters. The molecule has 2 aromatic carbocycles. The van der Waals surface area contributed by atoms with Crippen LogP contribution in [0, 0.1) is 5.82 Å². The van der Waals surface area contributed by atoms with Crippen LogP contribution in [0.1, 0.15) is 30.9 Å². The number of nitrogens with zero attached hydrogens (tertiary/aromatic N) is 2. The summed E-state index contributed by atoms with van der Waals surface area (Å²) in [6.07, 6.45) is 1.37. The highest BCUT2D eigenvalue weighted by Crippen LogP contribution is 2.14. The number of likely N-dealkylation sites (tertiary alicyclic amines) is 1. The first-order valence-electron chi connectivity index (χ1n) is 11.4. The first-order valence-corrected chi connectivity index (χ1v) is 11.4. The number of aliphatic hydroxyl groups is 1. The second-order valence-electron chi connectivity index (χ2n) is 8.20. The Kier molecular flexibility index (Phi) is 12.7. The van der Waals surface area contributed by atoms with Gasteiger partial charge in [-0.05, 0) is 43.0 Å². The summed E-state index contributed by atoms with van der Waals surface area (Å²) in [6.45, 7) is 6.60. The van der Waals surface area contributed by atoms with Crippen molar-refractivity contribution in [2.24, 2.45) is 4.99 Å². The lowest BCUT2D eigenvalue weighted by molar-refractivity contribution is 0.0331. The first kappa shape index (κ1) is 27.5. The number of hydrogen-bond acceptors (Lipinski definition) is 4. The number of halogens is 2. The van der Waals surface area contributed by atoms with E-state index in [-0.39, 0.29) is 42.9 Å². The zero-order chi connectivity index (χ0) is 22.6. The van der Waals surface area contributed by atoms with Crippen LogP contribution < -0.4 is 10.6 Å². The van der Waals surface area contributed by atoms with Crippen molar-refractivity contribution in [3.63, 3.8) is 0 Å². The van der Waals surface area contributed by atoms with Crippen LogP contribution in [-0.4, -0.2) is 60.9 Å². The summed E-state index contributed by atoms with van der Waals surface area (Å²) in [6, 6.07) is 17.0. The average molecular weight is 570 g/mol. The van der Waals surface area contributed by atoms with E-state index >= 15 is 0 Å². The van der Waals surface area contributed by atoms with E-state index in [0.717, 1.165) is 56.1 Å². The van der Waals surface area contributed by atoms with Gasteiger partial charge in [-0.2, -0.15) is 0 Å². The summed E-state index contributed by atoms with van der Waals surface area (Å²) in [5, 5.41) is 17.0. The Hall–Kier alpha value is -1.75. The van der Waals surface area contributed by atoms with Crippen molar-refractivity contribution >= 4 is 29.9 Å². The predicted octanol–water partition coefficient (Wildman–Crippen LogP) is 3.54. The quantitative estimate of drug-likeness (QED) is 0.232. The lowest BCUT2D eigenvalue weighted by Crippen LogP contribution is -2.48. The Morgan fingerprint density at radius 2 is 1.82 bits per heavy atom. The first-order chi connectivity index (χ1) is 15.6. The van der Waals surface area contributed by atoms with E-state index in [2.05, 4.69) is 20.5 Å². The van der Waals surface area contributed by atoms with Crippen molar-refractivity contribution in [2.75, 3.05) is 32.8 Å². The van der Waals surface area contributed by atoms with E-state index in [4.69, 9.17) is 4.74 Å². The summed E-state index contributed by atoms with van der Waals surface area (Å²) in [5.41, 5.74) is 2.22. The molecule has 2 aromatic rings. The van der Waals surface area contributed by atoms with Gasteiger partial charge in [-0.25, -0.2) is 4.39 Å². The van der Waals surface area contributed by atoms with Gasteiger partial charge in [0.2, 0.25) is 0 Å². The van der Waals surface area contributed by atoms with Crippen LogP contribution in [0.25, 0.3) is 0 Å². The predicted molar refractivity (Wildman–Crippen MR) is 141 cm³/mol. The number of rotatable bonds is 10. The van der Waals surface area contributed by atoms with Gasteiger partial charge in [-0.3, -0.25) is 9.89 Å². The molecule has 1 aliphatic heterocycles. The number of nitrogens with one attached hydrogen (secondary N) is 2. The number of aliphatic hydroxyl groups excluding tert-OH is 1.